The number of hydrogen-bond acceptors (Lipinski definition) is 3. The van der Waals surface area contributed by atoms with Gasteiger partial charge in [-0.15, -0.1) is 0 Å². The maximum Gasteiger partial charge on any atom is 0.155 e. The predicted octanol–water partition coefficient (Wildman–Crippen LogP) is 3.30. The van der Waals surface area contributed by atoms with Crippen molar-refractivity contribution in [2.45, 2.75) is 32.6 Å². The van der Waals surface area contributed by atoms with Crippen molar-refractivity contribution in [3.8, 4) is 0 Å². The van der Waals surface area contributed by atoms with E-state index in [1.54, 1.807) is 6.08 Å². The fraction of sp³-hybridized carbons (Fsp3) is 0.450. The summed E-state index contributed by atoms with van der Waals surface area (Å²) in [5.74, 6) is 0.222. The standard InChI is InChI=1S/C20H25NO2/c1-2-5-19(22)9-8-18-14-16-6-3-4-7-17(16)15-20(18)21-10-12-23-13-11-21/h3-4,6-9H,2,5,10-15H2,1H3/b9-8-. The first kappa shape index (κ1) is 16.0. The Balaban J connectivity index is 1.87. The number of rotatable bonds is 5. The minimum absolute atomic E-state index is 0.222. The topological polar surface area (TPSA) is 29.5 Å². The third kappa shape index (κ3) is 3.91. The van der Waals surface area contributed by atoms with Crippen LogP contribution in [0.25, 0.3) is 0 Å². The van der Waals surface area contributed by atoms with Crippen molar-refractivity contribution in [1.82, 2.24) is 4.90 Å². The van der Waals surface area contributed by atoms with E-state index < -0.39 is 0 Å². The maximum atomic E-state index is 11.9. The molecule has 1 aromatic rings. The quantitative estimate of drug-likeness (QED) is 0.782. The zero-order valence-corrected chi connectivity index (χ0v) is 13.9. The van der Waals surface area contributed by atoms with Crippen LogP contribution in [-0.4, -0.2) is 37.0 Å². The lowest BCUT2D eigenvalue weighted by Gasteiger charge is -2.35. The molecule has 0 unspecified atom stereocenters. The molecule has 3 nitrogen and oxygen atoms in total. The van der Waals surface area contributed by atoms with Gasteiger partial charge in [0.05, 0.1) is 13.2 Å². The maximum absolute atomic E-state index is 11.9. The third-order valence-electron chi connectivity index (χ3n) is 4.59. The molecular weight excluding hydrogens is 286 g/mol. The van der Waals surface area contributed by atoms with Crippen LogP contribution in [0.15, 0.2) is 47.7 Å². The number of ketones is 1. The average molecular weight is 311 g/mol. The number of benzene rings is 1. The van der Waals surface area contributed by atoms with Gasteiger partial charge in [0, 0.05) is 31.6 Å². The highest BCUT2D eigenvalue weighted by Gasteiger charge is 2.22. The molecule has 122 valence electrons. The first-order chi connectivity index (χ1) is 11.3. The van der Waals surface area contributed by atoms with E-state index in [0.717, 1.165) is 45.6 Å². The molecule has 1 heterocycles. The summed E-state index contributed by atoms with van der Waals surface area (Å²) in [4.78, 5) is 14.3. The second kappa shape index (κ2) is 7.60. The minimum Gasteiger partial charge on any atom is -0.378 e. The van der Waals surface area contributed by atoms with Gasteiger partial charge in [-0.25, -0.2) is 0 Å². The number of morpholine rings is 1. The molecule has 1 aliphatic carbocycles. The van der Waals surface area contributed by atoms with Crippen LogP contribution in [0.1, 0.15) is 30.9 Å². The van der Waals surface area contributed by atoms with Gasteiger partial charge in [-0.3, -0.25) is 4.79 Å². The van der Waals surface area contributed by atoms with Gasteiger partial charge in [-0.05, 0) is 35.6 Å². The van der Waals surface area contributed by atoms with Crippen LogP contribution in [0.3, 0.4) is 0 Å². The van der Waals surface area contributed by atoms with Crippen LogP contribution in [0.4, 0.5) is 0 Å². The Morgan fingerprint density at radius 3 is 2.57 bits per heavy atom. The Labute approximate surface area is 138 Å². The molecule has 0 amide bonds. The Hall–Kier alpha value is -1.87. The zero-order chi connectivity index (χ0) is 16.1. The number of carbonyl (C=O) groups excluding carboxylic acids is 1. The van der Waals surface area contributed by atoms with E-state index in [9.17, 15) is 4.79 Å². The number of fused-ring (bicyclic) bond motifs is 1. The van der Waals surface area contributed by atoms with Crippen LogP contribution >= 0.6 is 0 Å². The van der Waals surface area contributed by atoms with Gasteiger partial charge in [0.2, 0.25) is 0 Å². The van der Waals surface area contributed by atoms with Crippen LogP contribution in [0, 0.1) is 0 Å². The predicted molar refractivity (Wildman–Crippen MR) is 92.3 cm³/mol. The van der Waals surface area contributed by atoms with Crippen molar-refractivity contribution in [3.63, 3.8) is 0 Å². The van der Waals surface area contributed by atoms with Crippen molar-refractivity contribution in [3.05, 3.63) is 58.8 Å². The molecule has 1 fully saturated rings. The van der Waals surface area contributed by atoms with E-state index in [0.29, 0.717) is 6.42 Å². The Morgan fingerprint density at radius 1 is 1.17 bits per heavy atom. The molecule has 0 spiro atoms. The van der Waals surface area contributed by atoms with E-state index in [1.807, 2.05) is 6.92 Å². The lowest BCUT2D eigenvalue weighted by Crippen LogP contribution is -2.37. The summed E-state index contributed by atoms with van der Waals surface area (Å²) in [5.41, 5.74) is 5.45. The summed E-state index contributed by atoms with van der Waals surface area (Å²) in [6.07, 6.45) is 7.23. The van der Waals surface area contributed by atoms with E-state index in [1.165, 1.54) is 22.4 Å². The van der Waals surface area contributed by atoms with Crippen LogP contribution in [-0.2, 0) is 22.4 Å². The molecule has 0 N–H and O–H groups in total. The van der Waals surface area contributed by atoms with Gasteiger partial charge >= 0.3 is 0 Å². The van der Waals surface area contributed by atoms with Gasteiger partial charge in [-0.2, -0.15) is 0 Å². The number of allylic oxidation sites excluding steroid dienone is 4. The molecular formula is C20H25NO2. The molecule has 1 aliphatic heterocycles. The fourth-order valence-corrected chi connectivity index (χ4v) is 3.33. The highest BCUT2D eigenvalue weighted by atomic mass is 16.5. The Kier molecular flexibility index (Phi) is 5.29. The van der Waals surface area contributed by atoms with Gasteiger partial charge in [0.1, 0.15) is 0 Å². The summed E-state index contributed by atoms with van der Waals surface area (Å²) in [7, 11) is 0. The summed E-state index contributed by atoms with van der Waals surface area (Å²) in [5, 5.41) is 0. The lowest BCUT2D eigenvalue weighted by molar-refractivity contribution is -0.114. The Morgan fingerprint density at radius 2 is 1.87 bits per heavy atom. The molecule has 0 bridgehead atoms. The first-order valence-electron chi connectivity index (χ1n) is 8.60. The molecule has 0 saturated carbocycles. The van der Waals surface area contributed by atoms with Gasteiger partial charge in [0.25, 0.3) is 0 Å². The smallest absolute Gasteiger partial charge is 0.155 e. The van der Waals surface area contributed by atoms with Gasteiger partial charge < -0.3 is 9.64 Å². The molecule has 3 rings (SSSR count). The van der Waals surface area contributed by atoms with Crippen LogP contribution in [0.5, 0.6) is 0 Å². The number of ether oxygens (including phenoxy) is 1. The molecule has 2 aliphatic rings. The minimum atomic E-state index is 0.222. The third-order valence-corrected chi connectivity index (χ3v) is 4.59. The van der Waals surface area contributed by atoms with E-state index in [-0.39, 0.29) is 5.78 Å². The molecule has 1 saturated heterocycles. The second-order valence-corrected chi connectivity index (χ2v) is 6.24. The van der Waals surface area contributed by atoms with Gasteiger partial charge in [0.15, 0.2) is 5.78 Å². The molecule has 0 atom stereocenters. The zero-order valence-electron chi connectivity index (χ0n) is 13.9. The van der Waals surface area contributed by atoms with Crippen LogP contribution < -0.4 is 0 Å². The summed E-state index contributed by atoms with van der Waals surface area (Å²) >= 11 is 0. The van der Waals surface area contributed by atoms with Gasteiger partial charge in [-0.1, -0.05) is 37.3 Å². The SMILES string of the molecule is CCCC(=O)/C=C\C1=C(N2CCOCC2)Cc2ccccc2C1. The van der Waals surface area contributed by atoms with E-state index in [4.69, 9.17) is 4.74 Å². The lowest BCUT2D eigenvalue weighted by atomic mass is 9.88. The van der Waals surface area contributed by atoms with Crippen molar-refractivity contribution in [2.24, 2.45) is 0 Å². The number of hydrogen-bond donors (Lipinski definition) is 0. The molecule has 0 aromatic heterocycles. The molecule has 3 heteroatoms. The Bertz CT molecular complexity index is 624. The van der Waals surface area contributed by atoms with Crippen LogP contribution in [0.2, 0.25) is 0 Å². The van der Waals surface area contributed by atoms with E-state index >= 15 is 0 Å². The van der Waals surface area contributed by atoms with Crippen molar-refractivity contribution < 1.29 is 9.53 Å². The largest absolute Gasteiger partial charge is 0.378 e. The normalized spacial score (nSPS) is 18.4. The highest BCUT2D eigenvalue weighted by Crippen LogP contribution is 2.29. The second-order valence-electron chi connectivity index (χ2n) is 6.24. The highest BCUT2D eigenvalue weighted by molar-refractivity contribution is 5.90. The average Bonchev–Trinajstić information content (AvgIpc) is 2.60. The van der Waals surface area contributed by atoms with E-state index in [2.05, 4.69) is 35.2 Å². The summed E-state index contributed by atoms with van der Waals surface area (Å²) in [6, 6.07) is 8.63. The molecule has 23 heavy (non-hydrogen) atoms. The van der Waals surface area contributed by atoms with Crippen molar-refractivity contribution in [2.75, 3.05) is 26.3 Å². The monoisotopic (exact) mass is 311 g/mol. The molecule has 0 radical (unpaired) electrons. The fourth-order valence-electron chi connectivity index (χ4n) is 3.33. The first-order valence-corrected chi connectivity index (χ1v) is 8.60. The van der Waals surface area contributed by atoms with Crippen molar-refractivity contribution >= 4 is 5.78 Å². The molecule has 1 aromatic carbocycles. The number of carbonyl (C=O) groups is 1. The number of nitrogens with zero attached hydrogens (tertiary/aromatic N) is 1. The summed E-state index contributed by atoms with van der Waals surface area (Å²) < 4.78 is 5.49. The summed E-state index contributed by atoms with van der Waals surface area (Å²) in [6.45, 7) is 5.50. The van der Waals surface area contributed by atoms with Crippen molar-refractivity contribution in [1.29, 1.82) is 0 Å².